The Balaban J connectivity index is 2.16. The molecule has 0 aromatic carbocycles. The lowest BCUT2D eigenvalue weighted by molar-refractivity contribution is -0.148. The van der Waals surface area contributed by atoms with E-state index in [0.29, 0.717) is 19.4 Å². The predicted octanol–water partition coefficient (Wildman–Crippen LogP) is -2.89. The van der Waals surface area contributed by atoms with Crippen molar-refractivity contribution in [3.63, 3.8) is 0 Å². The van der Waals surface area contributed by atoms with Gasteiger partial charge in [0.15, 0.2) is 5.54 Å². The molecule has 0 aliphatic heterocycles. The van der Waals surface area contributed by atoms with E-state index >= 15 is 0 Å². The zero-order valence-electron chi connectivity index (χ0n) is 14.6. The van der Waals surface area contributed by atoms with E-state index < -0.39 is 46.9 Å². The molecule has 1 fully saturated rings. The van der Waals surface area contributed by atoms with Gasteiger partial charge in [-0.05, 0) is 25.8 Å². The number of nitriles is 1. The van der Waals surface area contributed by atoms with Crippen molar-refractivity contribution in [2.75, 3.05) is 13.2 Å². The van der Waals surface area contributed by atoms with Gasteiger partial charge in [-0.2, -0.15) is 5.26 Å². The van der Waals surface area contributed by atoms with E-state index in [1.54, 1.807) is 0 Å². The fraction of sp³-hybridized carbons (Fsp3) is 0.625. The summed E-state index contributed by atoms with van der Waals surface area (Å²) in [4.78, 5) is 37.2. The maximum atomic E-state index is 12.1. The van der Waals surface area contributed by atoms with Gasteiger partial charge in [-0.1, -0.05) is 0 Å². The van der Waals surface area contributed by atoms with Crippen LogP contribution in [0.1, 0.15) is 19.3 Å². The fourth-order valence-corrected chi connectivity index (χ4v) is 3.23. The Morgan fingerprint density at radius 2 is 2.22 bits per heavy atom. The van der Waals surface area contributed by atoms with Crippen LogP contribution in [0, 0.1) is 17.2 Å². The Hall–Kier alpha value is -2.52. The minimum Gasteiger partial charge on any atom is -0.464 e. The third-order valence-electron chi connectivity index (χ3n) is 4.78. The third-order valence-corrected chi connectivity index (χ3v) is 4.78. The molecule has 1 aliphatic rings. The normalized spacial score (nSPS) is 28.5. The van der Waals surface area contributed by atoms with Gasteiger partial charge in [0.2, 0.25) is 0 Å². The number of carbonyl (C=O) groups is 1. The van der Waals surface area contributed by atoms with Crippen molar-refractivity contribution in [3.05, 3.63) is 33.1 Å². The van der Waals surface area contributed by atoms with Crippen molar-refractivity contribution in [1.29, 1.82) is 5.26 Å². The molecule has 2 unspecified atom stereocenters. The molecule has 0 radical (unpaired) electrons. The lowest BCUT2D eigenvalue weighted by Gasteiger charge is -2.27. The Morgan fingerprint density at radius 1 is 1.52 bits per heavy atom. The van der Waals surface area contributed by atoms with Crippen LogP contribution < -0.4 is 22.7 Å². The number of rotatable bonds is 7. The highest BCUT2D eigenvalue weighted by Gasteiger charge is 2.55. The molecule has 2 rings (SSSR count). The van der Waals surface area contributed by atoms with Gasteiger partial charge in [0.1, 0.15) is 12.1 Å². The minimum absolute atomic E-state index is 0.164. The molecule has 1 aromatic rings. The molecule has 1 aromatic heterocycles. The van der Waals surface area contributed by atoms with Crippen molar-refractivity contribution < 1.29 is 19.7 Å². The number of aromatic amines is 1. The summed E-state index contributed by atoms with van der Waals surface area (Å²) in [5.74, 6) is -1.48. The largest absolute Gasteiger partial charge is 0.464 e. The highest BCUT2D eigenvalue weighted by molar-refractivity contribution is 5.75. The van der Waals surface area contributed by atoms with Crippen LogP contribution in [0.2, 0.25) is 0 Å². The minimum atomic E-state index is -1.81. The second-order valence-electron chi connectivity index (χ2n) is 6.58. The van der Waals surface area contributed by atoms with Gasteiger partial charge >= 0.3 is 11.7 Å². The summed E-state index contributed by atoms with van der Waals surface area (Å²) in [7, 11) is 0. The van der Waals surface area contributed by atoms with Gasteiger partial charge in [-0.25, -0.2) is 4.79 Å². The molecule has 0 saturated heterocycles. The van der Waals surface area contributed by atoms with E-state index in [1.807, 2.05) is 11.1 Å². The zero-order chi connectivity index (χ0) is 20.2. The van der Waals surface area contributed by atoms with Crippen molar-refractivity contribution in [3.8, 4) is 6.07 Å². The Morgan fingerprint density at radius 3 is 2.81 bits per heavy atom. The van der Waals surface area contributed by atoms with E-state index in [1.165, 1.54) is 0 Å². The maximum absolute atomic E-state index is 12.1. The zero-order valence-corrected chi connectivity index (χ0v) is 14.6. The van der Waals surface area contributed by atoms with Crippen molar-refractivity contribution >= 4 is 5.97 Å². The molecule has 1 aliphatic carbocycles. The Labute approximate surface area is 154 Å². The standard InChI is InChI=1S/C16H23N5O6/c17-4-1-2-10(19)14(25)27-7-9-6-16(8-18,13(24)12(9)23)21-5-3-11(22)20-15(21)26/h3,5,9-10,12-13,23-24H,1-2,4,6-7,17,19H2,(H,20,22,26)/t9-,10+,12?,13?,16+/m1/s1. The third kappa shape index (κ3) is 4.09. The van der Waals surface area contributed by atoms with Crippen LogP contribution in [0.15, 0.2) is 21.9 Å². The summed E-state index contributed by atoms with van der Waals surface area (Å²) >= 11 is 0. The number of esters is 1. The van der Waals surface area contributed by atoms with Gasteiger partial charge in [0.05, 0.1) is 18.8 Å². The number of ether oxygens (including phenoxy) is 1. The van der Waals surface area contributed by atoms with Crippen molar-refractivity contribution in [2.24, 2.45) is 17.4 Å². The summed E-state index contributed by atoms with van der Waals surface area (Å²) in [6, 6.07) is 2.02. The first-order valence-electron chi connectivity index (χ1n) is 8.49. The molecule has 7 N–H and O–H groups in total. The molecule has 0 bridgehead atoms. The highest BCUT2D eigenvalue weighted by atomic mass is 16.5. The van der Waals surface area contributed by atoms with Crippen LogP contribution in [0.4, 0.5) is 0 Å². The lowest BCUT2D eigenvalue weighted by Crippen LogP contribution is -2.49. The molecule has 0 spiro atoms. The van der Waals surface area contributed by atoms with Crippen LogP contribution in [0.3, 0.4) is 0 Å². The second kappa shape index (κ2) is 8.45. The highest BCUT2D eigenvalue weighted by Crippen LogP contribution is 2.40. The summed E-state index contributed by atoms with van der Waals surface area (Å²) in [5.41, 5.74) is 7.68. The van der Waals surface area contributed by atoms with Gasteiger partial charge in [0.25, 0.3) is 5.56 Å². The van der Waals surface area contributed by atoms with Crippen LogP contribution in [0.5, 0.6) is 0 Å². The lowest BCUT2D eigenvalue weighted by atomic mass is 9.95. The fourth-order valence-electron chi connectivity index (χ4n) is 3.23. The number of aliphatic hydroxyl groups is 2. The first-order valence-corrected chi connectivity index (χ1v) is 8.49. The van der Waals surface area contributed by atoms with E-state index in [9.17, 15) is 29.9 Å². The summed E-state index contributed by atoms with van der Waals surface area (Å²) in [6.07, 6.45) is -1.23. The first-order chi connectivity index (χ1) is 12.8. The quantitative estimate of drug-likeness (QED) is 0.308. The molecule has 11 nitrogen and oxygen atoms in total. The molecule has 5 atom stereocenters. The smallest absolute Gasteiger partial charge is 0.329 e. The molecule has 148 valence electrons. The van der Waals surface area contributed by atoms with Crippen LogP contribution >= 0.6 is 0 Å². The summed E-state index contributed by atoms with van der Waals surface area (Å²) < 4.78 is 5.97. The average Bonchev–Trinajstić information content (AvgIpc) is 2.89. The molecule has 27 heavy (non-hydrogen) atoms. The molecular weight excluding hydrogens is 358 g/mol. The van der Waals surface area contributed by atoms with Gasteiger partial charge in [-0.3, -0.25) is 19.1 Å². The Bertz CT molecular complexity index is 830. The molecule has 1 heterocycles. The van der Waals surface area contributed by atoms with Crippen molar-refractivity contribution in [1.82, 2.24) is 9.55 Å². The maximum Gasteiger partial charge on any atom is 0.329 e. The number of H-pyrrole nitrogens is 1. The average molecular weight is 381 g/mol. The summed E-state index contributed by atoms with van der Waals surface area (Å²) in [6.45, 7) is 0.0992. The predicted molar refractivity (Wildman–Crippen MR) is 92.3 cm³/mol. The SMILES string of the molecule is N#C[C@@]1(n2ccc(=O)[nH]c2=O)C[C@H](COC(=O)[C@@H](N)CCCN)C(O)C1O. The Kier molecular flexibility index (Phi) is 6.50. The van der Waals surface area contributed by atoms with Crippen LogP contribution in [0.25, 0.3) is 0 Å². The number of nitrogens with zero attached hydrogens (tertiary/aromatic N) is 2. The number of hydrogen-bond donors (Lipinski definition) is 5. The van der Waals surface area contributed by atoms with Crippen LogP contribution in [-0.4, -0.2) is 57.1 Å². The van der Waals surface area contributed by atoms with Gasteiger partial charge in [-0.15, -0.1) is 0 Å². The number of nitrogens with one attached hydrogen (secondary N) is 1. The molecular formula is C16H23N5O6. The van der Waals surface area contributed by atoms with Crippen LogP contribution in [-0.2, 0) is 15.1 Å². The molecule has 1 saturated carbocycles. The number of aromatic nitrogens is 2. The number of hydrogen-bond acceptors (Lipinski definition) is 9. The number of carbonyl (C=O) groups excluding carboxylic acids is 1. The van der Waals surface area contributed by atoms with E-state index in [2.05, 4.69) is 0 Å². The van der Waals surface area contributed by atoms with Gasteiger partial charge < -0.3 is 26.4 Å². The van der Waals surface area contributed by atoms with Gasteiger partial charge in [0, 0.05) is 18.2 Å². The topological polar surface area (TPSA) is 197 Å². The van der Waals surface area contributed by atoms with Crippen molar-refractivity contribution in [2.45, 2.75) is 43.1 Å². The van der Waals surface area contributed by atoms with E-state index in [-0.39, 0.29) is 13.0 Å². The second-order valence-corrected chi connectivity index (χ2v) is 6.58. The summed E-state index contributed by atoms with van der Waals surface area (Å²) in [5, 5.41) is 30.3. The van der Waals surface area contributed by atoms with E-state index in [4.69, 9.17) is 16.2 Å². The number of nitrogens with two attached hydrogens (primary N) is 2. The monoisotopic (exact) mass is 381 g/mol. The van der Waals surface area contributed by atoms with E-state index in [0.717, 1.165) is 16.8 Å². The first kappa shape index (κ1) is 20.8. The molecule has 0 amide bonds. The number of aliphatic hydroxyl groups excluding tert-OH is 2. The molecule has 11 heteroatoms.